The fraction of sp³-hybridized carbons (Fsp3) is 0.417. The zero-order valence-electron chi connectivity index (χ0n) is 9.43. The Morgan fingerprint density at radius 1 is 1.41 bits per heavy atom. The first-order valence-corrected chi connectivity index (χ1v) is 6.02. The van der Waals surface area contributed by atoms with E-state index < -0.39 is 0 Å². The molecule has 17 heavy (non-hydrogen) atoms. The Kier molecular flexibility index (Phi) is 3.86. The smallest absolute Gasteiger partial charge is 0.414 e. The van der Waals surface area contributed by atoms with Gasteiger partial charge in [0.2, 0.25) is 0 Å². The number of anilines is 1. The van der Waals surface area contributed by atoms with E-state index in [0.29, 0.717) is 18.2 Å². The van der Waals surface area contributed by atoms with Gasteiger partial charge in [0.1, 0.15) is 6.61 Å². The zero-order valence-corrected chi connectivity index (χ0v) is 10.2. The summed E-state index contributed by atoms with van der Waals surface area (Å²) in [5.41, 5.74) is 6.30. The maximum atomic E-state index is 11.7. The molecule has 0 radical (unpaired) electrons. The fourth-order valence-electron chi connectivity index (χ4n) is 1.94. The number of carbonyl (C=O) groups is 1. The van der Waals surface area contributed by atoms with Crippen molar-refractivity contribution in [3.8, 4) is 0 Å². The van der Waals surface area contributed by atoms with Crippen molar-refractivity contribution in [2.24, 2.45) is 5.73 Å². The molecule has 1 aliphatic heterocycles. The van der Waals surface area contributed by atoms with Gasteiger partial charge in [-0.1, -0.05) is 11.6 Å². The molecule has 0 bridgehead atoms. The first-order chi connectivity index (χ1) is 8.22. The molecule has 2 N–H and O–H groups in total. The Morgan fingerprint density at radius 2 is 2.12 bits per heavy atom. The van der Waals surface area contributed by atoms with Crippen molar-refractivity contribution in [3.05, 3.63) is 29.3 Å². The van der Waals surface area contributed by atoms with Crippen LogP contribution in [0.4, 0.5) is 10.5 Å². The number of halogens is 1. The lowest BCUT2D eigenvalue weighted by Gasteiger charge is -2.21. The standard InChI is InChI=1S/C12H15ClN2O2/c13-9-3-5-10(6-4-9)15-11(2-1-7-14)8-17-12(15)16/h3-6,11H,1-2,7-8,14H2. The van der Waals surface area contributed by atoms with E-state index in [9.17, 15) is 4.79 Å². The van der Waals surface area contributed by atoms with Gasteiger partial charge in [0.15, 0.2) is 0 Å². The highest BCUT2D eigenvalue weighted by Crippen LogP contribution is 2.26. The molecule has 1 amide bonds. The molecule has 0 saturated carbocycles. The number of cyclic esters (lactones) is 1. The number of benzene rings is 1. The molecule has 0 spiro atoms. The number of hydrogen-bond donors (Lipinski definition) is 1. The zero-order chi connectivity index (χ0) is 12.3. The maximum absolute atomic E-state index is 11.7. The highest BCUT2D eigenvalue weighted by atomic mass is 35.5. The Hall–Kier alpha value is -1.26. The van der Waals surface area contributed by atoms with Crippen molar-refractivity contribution in [2.75, 3.05) is 18.1 Å². The van der Waals surface area contributed by atoms with Crippen LogP contribution in [0.25, 0.3) is 0 Å². The lowest BCUT2D eigenvalue weighted by atomic mass is 10.1. The quantitative estimate of drug-likeness (QED) is 0.898. The molecule has 1 fully saturated rings. The molecule has 0 aromatic heterocycles. The Bertz CT molecular complexity index is 394. The van der Waals surface area contributed by atoms with Crippen LogP contribution in [0.3, 0.4) is 0 Å². The van der Waals surface area contributed by atoms with Crippen LogP contribution < -0.4 is 10.6 Å². The maximum Gasteiger partial charge on any atom is 0.414 e. The third-order valence-corrected chi connectivity index (χ3v) is 3.06. The second-order valence-electron chi connectivity index (χ2n) is 4.01. The Morgan fingerprint density at radius 3 is 2.76 bits per heavy atom. The molecule has 1 aromatic carbocycles. The number of nitrogens with zero attached hydrogens (tertiary/aromatic N) is 1. The predicted molar refractivity (Wildman–Crippen MR) is 67.4 cm³/mol. The summed E-state index contributed by atoms with van der Waals surface area (Å²) in [6.07, 6.45) is 1.44. The van der Waals surface area contributed by atoms with Gasteiger partial charge in [-0.3, -0.25) is 4.90 Å². The van der Waals surface area contributed by atoms with Gasteiger partial charge in [-0.2, -0.15) is 0 Å². The van der Waals surface area contributed by atoms with E-state index in [0.717, 1.165) is 18.5 Å². The summed E-state index contributed by atoms with van der Waals surface area (Å²) in [6, 6.07) is 7.26. The SMILES string of the molecule is NCCCC1COC(=O)N1c1ccc(Cl)cc1. The van der Waals surface area contributed by atoms with Crippen molar-refractivity contribution in [3.63, 3.8) is 0 Å². The second kappa shape index (κ2) is 5.38. The normalized spacial score (nSPS) is 19.5. The highest BCUT2D eigenvalue weighted by Gasteiger charge is 2.33. The van der Waals surface area contributed by atoms with Crippen LogP contribution >= 0.6 is 11.6 Å². The molecule has 1 aromatic rings. The Labute approximate surface area is 105 Å². The number of nitrogens with two attached hydrogens (primary N) is 1. The molecule has 4 nitrogen and oxygen atoms in total. The van der Waals surface area contributed by atoms with Crippen molar-refractivity contribution in [1.82, 2.24) is 0 Å². The van der Waals surface area contributed by atoms with E-state index in [1.807, 2.05) is 12.1 Å². The molecular weight excluding hydrogens is 240 g/mol. The summed E-state index contributed by atoms with van der Waals surface area (Å²) in [7, 11) is 0. The van der Waals surface area contributed by atoms with Gasteiger partial charge < -0.3 is 10.5 Å². The minimum absolute atomic E-state index is 0.0761. The molecule has 5 heteroatoms. The third-order valence-electron chi connectivity index (χ3n) is 2.81. The van der Waals surface area contributed by atoms with Gasteiger partial charge >= 0.3 is 6.09 Å². The Balaban J connectivity index is 2.15. The molecule has 92 valence electrons. The lowest BCUT2D eigenvalue weighted by molar-refractivity contribution is 0.178. The monoisotopic (exact) mass is 254 g/mol. The minimum atomic E-state index is -0.297. The van der Waals surface area contributed by atoms with Gasteiger partial charge in [0.25, 0.3) is 0 Å². The topological polar surface area (TPSA) is 55.6 Å². The van der Waals surface area contributed by atoms with Crippen molar-refractivity contribution in [2.45, 2.75) is 18.9 Å². The van der Waals surface area contributed by atoms with Crippen LogP contribution in [-0.2, 0) is 4.74 Å². The lowest BCUT2D eigenvalue weighted by Crippen LogP contribution is -2.33. The van der Waals surface area contributed by atoms with Crippen molar-refractivity contribution < 1.29 is 9.53 Å². The number of hydrogen-bond acceptors (Lipinski definition) is 3. The molecule has 1 unspecified atom stereocenters. The summed E-state index contributed by atoms with van der Waals surface area (Å²) >= 11 is 5.82. The van der Waals surface area contributed by atoms with Crippen molar-refractivity contribution in [1.29, 1.82) is 0 Å². The van der Waals surface area contributed by atoms with Gasteiger partial charge in [-0.25, -0.2) is 4.79 Å². The van der Waals surface area contributed by atoms with E-state index >= 15 is 0 Å². The first kappa shape index (κ1) is 12.2. The molecule has 0 aliphatic carbocycles. The van der Waals surface area contributed by atoms with E-state index in [-0.39, 0.29) is 12.1 Å². The average Bonchev–Trinajstić information content (AvgIpc) is 2.69. The van der Waals surface area contributed by atoms with Gasteiger partial charge in [0.05, 0.1) is 6.04 Å². The number of amides is 1. The number of ether oxygens (including phenoxy) is 1. The third kappa shape index (κ3) is 2.70. The highest BCUT2D eigenvalue weighted by molar-refractivity contribution is 6.30. The number of rotatable bonds is 4. The van der Waals surface area contributed by atoms with Gasteiger partial charge in [0, 0.05) is 10.7 Å². The summed E-state index contributed by atoms with van der Waals surface area (Å²) < 4.78 is 5.07. The first-order valence-electron chi connectivity index (χ1n) is 5.64. The average molecular weight is 255 g/mol. The van der Waals surface area contributed by atoms with E-state index in [4.69, 9.17) is 22.1 Å². The van der Waals surface area contributed by atoms with Crippen molar-refractivity contribution >= 4 is 23.4 Å². The fourth-order valence-corrected chi connectivity index (χ4v) is 2.07. The summed E-state index contributed by atoms with van der Waals surface area (Å²) in [5, 5.41) is 0.653. The van der Waals surface area contributed by atoms with Crippen LogP contribution in [0.2, 0.25) is 5.02 Å². The van der Waals surface area contributed by atoms with Crippen LogP contribution in [0, 0.1) is 0 Å². The molecule has 1 heterocycles. The van der Waals surface area contributed by atoms with Gasteiger partial charge in [-0.15, -0.1) is 0 Å². The van der Waals surface area contributed by atoms with Crippen LogP contribution in [-0.4, -0.2) is 25.3 Å². The molecular formula is C12H15ClN2O2. The second-order valence-corrected chi connectivity index (χ2v) is 4.44. The molecule has 1 saturated heterocycles. The molecule has 1 atom stereocenters. The van der Waals surface area contributed by atoms with E-state index in [2.05, 4.69) is 0 Å². The van der Waals surface area contributed by atoms with Crippen LogP contribution in [0.15, 0.2) is 24.3 Å². The molecule has 1 aliphatic rings. The summed E-state index contributed by atoms with van der Waals surface area (Å²) in [5.74, 6) is 0. The minimum Gasteiger partial charge on any atom is -0.447 e. The summed E-state index contributed by atoms with van der Waals surface area (Å²) in [6.45, 7) is 1.06. The van der Waals surface area contributed by atoms with Crippen LogP contribution in [0.1, 0.15) is 12.8 Å². The van der Waals surface area contributed by atoms with E-state index in [1.165, 1.54) is 0 Å². The molecule has 2 rings (SSSR count). The summed E-state index contributed by atoms with van der Waals surface area (Å²) in [4.78, 5) is 13.3. The number of carbonyl (C=O) groups excluding carboxylic acids is 1. The largest absolute Gasteiger partial charge is 0.447 e. The predicted octanol–water partition coefficient (Wildman–Crippen LogP) is 2.40. The van der Waals surface area contributed by atoms with Crippen LogP contribution in [0.5, 0.6) is 0 Å². The van der Waals surface area contributed by atoms with Gasteiger partial charge in [-0.05, 0) is 43.7 Å². The van der Waals surface area contributed by atoms with E-state index in [1.54, 1.807) is 17.0 Å².